The van der Waals surface area contributed by atoms with E-state index in [0.717, 1.165) is 31.3 Å². The van der Waals surface area contributed by atoms with E-state index in [1.165, 1.54) is 40.5 Å². The zero-order valence-electron chi connectivity index (χ0n) is 27.2. The maximum Gasteiger partial charge on any atom is 0.170 e. The fourth-order valence-corrected chi connectivity index (χ4v) is 5.17. The molecular weight excluding hydrogens is 524 g/mol. The van der Waals surface area contributed by atoms with Crippen LogP contribution >= 0.6 is 0 Å². The van der Waals surface area contributed by atoms with Crippen LogP contribution in [0.4, 0.5) is 0 Å². The molecule has 5 heteroatoms. The van der Waals surface area contributed by atoms with Gasteiger partial charge >= 0.3 is 0 Å². The topological polar surface area (TPSA) is 87.0 Å². The molecule has 2 rings (SSSR count). The van der Waals surface area contributed by atoms with Crippen LogP contribution in [0.15, 0.2) is 76.4 Å². The summed E-state index contributed by atoms with van der Waals surface area (Å²) in [6.07, 6.45) is 16.3. The molecule has 0 aromatic heterocycles. The van der Waals surface area contributed by atoms with Crippen molar-refractivity contribution in [1.29, 1.82) is 0 Å². The molecule has 1 aliphatic heterocycles. The van der Waals surface area contributed by atoms with Gasteiger partial charge in [0, 0.05) is 18.4 Å². The van der Waals surface area contributed by atoms with Crippen LogP contribution in [0.25, 0.3) is 0 Å². The van der Waals surface area contributed by atoms with Crippen molar-refractivity contribution < 1.29 is 24.9 Å². The predicted molar refractivity (Wildman–Crippen MR) is 174 cm³/mol. The third kappa shape index (κ3) is 11.4. The summed E-state index contributed by atoms with van der Waals surface area (Å²) in [5.74, 6) is -0.826. The lowest BCUT2D eigenvalue weighted by Gasteiger charge is -2.27. The summed E-state index contributed by atoms with van der Waals surface area (Å²) in [4.78, 5) is 13.6. The molecule has 42 heavy (non-hydrogen) atoms. The first-order chi connectivity index (χ1) is 19.7. The van der Waals surface area contributed by atoms with Gasteiger partial charge < -0.3 is 20.1 Å². The van der Waals surface area contributed by atoms with Gasteiger partial charge in [0.05, 0.1) is 23.4 Å². The van der Waals surface area contributed by atoms with Crippen LogP contribution in [-0.4, -0.2) is 38.9 Å². The second kappa shape index (κ2) is 16.7. The number of aliphatic hydroxyl groups excluding tert-OH is 1. The van der Waals surface area contributed by atoms with Crippen molar-refractivity contribution in [2.75, 3.05) is 0 Å². The first-order valence-corrected chi connectivity index (χ1v) is 15.4. The summed E-state index contributed by atoms with van der Waals surface area (Å²) in [6.45, 7) is 16.6. The van der Waals surface area contributed by atoms with Crippen LogP contribution in [0.3, 0.4) is 0 Å². The minimum absolute atomic E-state index is 0.0793. The van der Waals surface area contributed by atoms with Gasteiger partial charge in [0.1, 0.15) is 11.5 Å². The average Bonchev–Trinajstić information content (AvgIpc) is 3.21. The van der Waals surface area contributed by atoms with Crippen LogP contribution in [-0.2, 0) is 4.74 Å². The Morgan fingerprint density at radius 3 is 2.12 bits per heavy atom. The smallest absolute Gasteiger partial charge is 0.170 e. The first-order valence-electron chi connectivity index (χ1n) is 15.4. The van der Waals surface area contributed by atoms with Gasteiger partial charge in [0.2, 0.25) is 0 Å². The summed E-state index contributed by atoms with van der Waals surface area (Å²) in [6, 6.07) is 4.13. The van der Waals surface area contributed by atoms with Crippen molar-refractivity contribution in [3.05, 3.63) is 82.0 Å². The number of Topliss-reactive ketones (excluding diaryl/α,β-unsaturated/α-hetero) is 1. The molecule has 0 spiro atoms. The predicted octanol–water partition coefficient (Wildman–Crippen LogP) is 9.31. The van der Waals surface area contributed by atoms with E-state index in [2.05, 4.69) is 52.0 Å². The van der Waals surface area contributed by atoms with E-state index in [9.17, 15) is 20.1 Å². The van der Waals surface area contributed by atoms with E-state index in [1.807, 2.05) is 33.8 Å². The summed E-state index contributed by atoms with van der Waals surface area (Å²) in [5, 5.41) is 30.9. The van der Waals surface area contributed by atoms with Gasteiger partial charge in [-0.15, -0.1) is 0 Å². The Balaban J connectivity index is 2.15. The Bertz CT molecular complexity index is 1210. The minimum atomic E-state index is -0.637. The van der Waals surface area contributed by atoms with E-state index in [1.54, 1.807) is 0 Å². The standard InChI is InChI=1S/C37H54O5/c1-25(2)11-9-12-27(5)13-10-14-28(6)15-17-30(36(41)32-20-19-31(38)23-33(32)39)18-16-29(7)34-24-35(40)37(8,42-34)22-21-26(3)4/h11,13,15-16,19-21,23,30,34-35,38-40H,9-10,12,14,17-18,22,24H2,1-8H3/b27-13+,28-15+,29-16-/t30?,34?,35-,37-/m0/s1. The Kier molecular flexibility index (Phi) is 14.0. The van der Waals surface area contributed by atoms with Crippen molar-refractivity contribution in [1.82, 2.24) is 0 Å². The molecule has 2 unspecified atom stereocenters. The molecule has 1 aliphatic rings. The number of aliphatic hydroxyl groups is 1. The largest absolute Gasteiger partial charge is 0.508 e. The van der Waals surface area contributed by atoms with E-state index in [4.69, 9.17) is 4.74 Å². The zero-order chi connectivity index (χ0) is 31.4. The number of phenolic OH excluding ortho intramolecular Hbond substituents is 2. The van der Waals surface area contributed by atoms with Crippen LogP contribution in [0.2, 0.25) is 0 Å². The molecule has 3 N–H and O–H groups in total. The number of hydrogen-bond acceptors (Lipinski definition) is 5. The Morgan fingerprint density at radius 1 is 0.905 bits per heavy atom. The Morgan fingerprint density at radius 2 is 1.50 bits per heavy atom. The monoisotopic (exact) mass is 578 g/mol. The number of benzene rings is 1. The number of ketones is 1. The van der Waals surface area contributed by atoms with Gasteiger partial charge in [0.15, 0.2) is 5.78 Å². The summed E-state index contributed by atoms with van der Waals surface area (Å²) < 4.78 is 6.34. The average molecular weight is 579 g/mol. The number of ether oxygens (including phenoxy) is 1. The maximum absolute atomic E-state index is 13.6. The Hall–Kier alpha value is -2.89. The van der Waals surface area contributed by atoms with E-state index >= 15 is 0 Å². The Labute approximate surface area is 254 Å². The quantitative estimate of drug-likeness (QED) is 0.143. The van der Waals surface area contributed by atoms with Crippen molar-refractivity contribution in [2.45, 2.75) is 125 Å². The molecule has 232 valence electrons. The number of hydrogen-bond donors (Lipinski definition) is 3. The van der Waals surface area contributed by atoms with E-state index < -0.39 is 11.7 Å². The fraction of sp³-hybridized carbons (Fsp3) is 0.541. The summed E-state index contributed by atoms with van der Waals surface area (Å²) >= 11 is 0. The lowest BCUT2D eigenvalue weighted by atomic mass is 9.88. The molecule has 1 fully saturated rings. The van der Waals surface area contributed by atoms with Crippen LogP contribution in [0.5, 0.6) is 11.5 Å². The highest BCUT2D eigenvalue weighted by molar-refractivity contribution is 6.00. The number of carbonyl (C=O) groups is 1. The number of phenols is 2. The zero-order valence-corrected chi connectivity index (χ0v) is 27.2. The fourth-order valence-electron chi connectivity index (χ4n) is 5.17. The second-order valence-electron chi connectivity index (χ2n) is 12.8. The van der Waals surface area contributed by atoms with Gasteiger partial charge in [-0.1, -0.05) is 52.7 Å². The van der Waals surface area contributed by atoms with Gasteiger partial charge in [-0.05, 0) is 118 Å². The van der Waals surface area contributed by atoms with Crippen LogP contribution < -0.4 is 0 Å². The van der Waals surface area contributed by atoms with Gasteiger partial charge in [-0.25, -0.2) is 0 Å². The SMILES string of the molecule is CC(C)=CCC/C(C)=C/CC/C(C)=C/CC(C/C=C(/C)C1C[C@H](O)[C@](C)(CC=C(C)C)O1)C(=O)c1ccc(O)cc1O. The van der Waals surface area contributed by atoms with Crippen molar-refractivity contribution in [3.63, 3.8) is 0 Å². The molecular formula is C37H54O5. The third-order valence-corrected chi connectivity index (χ3v) is 8.19. The maximum atomic E-state index is 13.6. The molecule has 1 aromatic rings. The molecule has 0 radical (unpaired) electrons. The summed E-state index contributed by atoms with van der Waals surface area (Å²) in [5.41, 5.74) is 5.74. The lowest BCUT2D eigenvalue weighted by Crippen LogP contribution is -2.35. The number of aromatic hydroxyl groups is 2. The van der Waals surface area contributed by atoms with Crippen molar-refractivity contribution in [3.8, 4) is 11.5 Å². The van der Waals surface area contributed by atoms with Gasteiger partial charge in [0.25, 0.3) is 0 Å². The van der Waals surface area contributed by atoms with Crippen molar-refractivity contribution >= 4 is 5.78 Å². The van der Waals surface area contributed by atoms with E-state index in [-0.39, 0.29) is 34.9 Å². The van der Waals surface area contributed by atoms with Crippen LogP contribution in [0, 0.1) is 5.92 Å². The van der Waals surface area contributed by atoms with E-state index in [0.29, 0.717) is 25.7 Å². The van der Waals surface area contributed by atoms with Gasteiger partial charge in [-0.3, -0.25) is 4.79 Å². The van der Waals surface area contributed by atoms with Crippen molar-refractivity contribution in [2.24, 2.45) is 5.92 Å². The highest BCUT2D eigenvalue weighted by Gasteiger charge is 2.43. The number of carbonyl (C=O) groups excluding carboxylic acids is 1. The molecule has 0 aliphatic carbocycles. The number of allylic oxidation sites excluding steroid dienone is 8. The second-order valence-corrected chi connectivity index (χ2v) is 12.8. The lowest BCUT2D eigenvalue weighted by molar-refractivity contribution is -0.0588. The molecule has 0 amide bonds. The molecule has 5 nitrogen and oxygen atoms in total. The number of rotatable bonds is 15. The highest BCUT2D eigenvalue weighted by Crippen LogP contribution is 2.37. The third-order valence-electron chi connectivity index (χ3n) is 8.19. The molecule has 1 heterocycles. The molecule has 4 atom stereocenters. The van der Waals surface area contributed by atoms with Crippen LogP contribution in [0.1, 0.15) is 117 Å². The van der Waals surface area contributed by atoms with Gasteiger partial charge in [-0.2, -0.15) is 0 Å². The normalized spacial score (nSPS) is 22.2. The first kappa shape index (κ1) is 35.3. The molecule has 1 saturated heterocycles. The molecule has 0 saturated carbocycles. The molecule has 1 aromatic carbocycles. The highest BCUT2D eigenvalue weighted by atomic mass is 16.5. The summed E-state index contributed by atoms with van der Waals surface area (Å²) in [7, 11) is 0. The minimum Gasteiger partial charge on any atom is -0.508 e. The molecule has 0 bridgehead atoms.